The Bertz CT molecular complexity index is 330. The van der Waals surface area contributed by atoms with Gasteiger partial charge in [-0.15, -0.1) is 0 Å². The molecule has 96 valence electrons. The zero-order valence-electron chi connectivity index (χ0n) is 10.9. The summed E-state index contributed by atoms with van der Waals surface area (Å²) < 4.78 is 0. The fraction of sp³-hybridized carbons (Fsp3) is 0.667. The van der Waals surface area contributed by atoms with Crippen molar-refractivity contribution in [3.63, 3.8) is 0 Å². The summed E-state index contributed by atoms with van der Waals surface area (Å²) in [5, 5.41) is 6.42. The maximum absolute atomic E-state index is 4.50. The predicted octanol–water partition coefficient (Wildman–Crippen LogP) is 2.64. The SMILES string of the molecule is CCCc1nc(NC)cc(NCCCSC)n1. The molecule has 1 aromatic heterocycles. The van der Waals surface area contributed by atoms with E-state index in [1.54, 1.807) is 0 Å². The molecule has 0 atom stereocenters. The molecule has 5 heteroatoms. The van der Waals surface area contributed by atoms with Crippen LogP contribution in [0.25, 0.3) is 0 Å². The van der Waals surface area contributed by atoms with Crippen LogP contribution in [-0.4, -0.2) is 35.6 Å². The summed E-state index contributed by atoms with van der Waals surface area (Å²) in [6.07, 6.45) is 5.28. The van der Waals surface area contributed by atoms with Gasteiger partial charge in [0.15, 0.2) is 0 Å². The molecule has 0 unspecified atom stereocenters. The van der Waals surface area contributed by atoms with Crippen molar-refractivity contribution in [3.8, 4) is 0 Å². The smallest absolute Gasteiger partial charge is 0.133 e. The molecular weight excluding hydrogens is 232 g/mol. The predicted molar refractivity (Wildman–Crippen MR) is 77.1 cm³/mol. The lowest BCUT2D eigenvalue weighted by molar-refractivity contribution is 0.834. The molecule has 1 rings (SSSR count). The average molecular weight is 254 g/mol. The minimum absolute atomic E-state index is 0.885. The molecule has 0 aliphatic rings. The van der Waals surface area contributed by atoms with Gasteiger partial charge in [0.25, 0.3) is 0 Å². The molecule has 17 heavy (non-hydrogen) atoms. The van der Waals surface area contributed by atoms with Crippen LogP contribution in [0.15, 0.2) is 6.07 Å². The number of rotatable bonds is 8. The van der Waals surface area contributed by atoms with Crippen LogP contribution in [0.1, 0.15) is 25.6 Å². The number of aromatic nitrogens is 2. The number of thioether (sulfide) groups is 1. The summed E-state index contributed by atoms with van der Waals surface area (Å²) in [6, 6.07) is 1.96. The van der Waals surface area contributed by atoms with Gasteiger partial charge in [0.2, 0.25) is 0 Å². The highest BCUT2D eigenvalue weighted by Crippen LogP contribution is 2.12. The number of nitrogens with zero attached hydrogens (tertiary/aromatic N) is 2. The Kier molecular flexibility index (Phi) is 6.77. The van der Waals surface area contributed by atoms with E-state index in [0.29, 0.717) is 0 Å². The molecule has 0 saturated heterocycles. The highest BCUT2D eigenvalue weighted by Gasteiger charge is 2.02. The quantitative estimate of drug-likeness (QED) is 0.698. The zero-order valence-corrected chi connectivity index (χ0v) is 11.7. The molecule has 0 radical (unpaired) electrons. The normalized spacial score (nSPS) is 10.3. The molecule has 0 spiro atoms. The van der Waals surface area contributed by atoms with Crippen LogP contribution in [0, 0.1) is 0 Å². The fourth-order valence-electron chi connectivity index (χ4n) is 1.48. The van der Waals surface area contributed by atoms with Gasteiger partial charge in [0, 0.05) is 26.1 Å². The topological polar surface area (TPSA) is 49.8 Å². The maximum atomic E-state index is 4.50. The van der Waals surface area contributed by atoms with Crippen molar-refractivity contribution in [3.05, 3.63) is 11.9 Å². The maximum Gasteiger partial charge on any atom is 0.133 e. The van der Waals surface area contributed by atoms with E-state index < -0.39 is 0 Å². The molecule has 1 heterocycles. The third kappa shape index (κ3) is 5.26. The summed E-state index contributed by atoms with van der Waals surface area (Å²) >= 11 is 1.87. The standard InChI is InChI=1S/C12H22N4S/c1-4-6-10-15-11(13-2)9-12(16-10)14-7-5-8-17-3/h9H,4-8H2,1-3H3,(H2,13,14,15,16). The Morgan fingerprint density at radius 2 is 2.06 bits per heavy atom. The number of anilines is 2. The Hall–Kier alpha value is -0.970. The van der Waals surface area contributed by atoms with E-state index in [4.69, 9.17) is 0 Å². The van der Waals surface area contributed by atoms with Crippen molar-refractivity contribution in [2.45, 2.75) is 26.2 Å². The van der Waals surface area contributed by atoms with Crippen molar-refractivity contribution in [2.75, 3.05) is 36.2 Å². The fourth-order valence-corrected chi connectivity index (χ4v) is 1.92. The van der Waals surface area contributed by atoms with E-state index in [1.807, 2.05) is 24.9 Å². The van der Waals surface area contributed by atoms with Crippen LogP contribution in [0.4, 0.5) is 11.6 Å². The van der Waals surface area contributed by atoms with Crippen molar-refractivity contribution >= 4 is 23.4 Å². The van der Waals surface area contributed by atoms with Crippen molar-refractivity contribution in [1.82, 2.24) is 9.97 Å². The number of aryl methyl sites for hydroxylation is 1. The van der Waals surface area contributed by atoms with Crippen molar-refractivity contribution in [1.29, 1.82) is 0 Å². The molecular formula is C12H22N4S. The number of nitrogens with one attached hydrogen (secondary N) is 2. The highest BCUT2D eigenvalue weighted by atomic mass is 32.2. The summed E-state index contributed by atoms with van der Waals surface area (Å²) in [4.78, 5) is 8.92. The van der Waals surface area contributed by atoms with Gasteiger partial charge in [-0.2, -0.15) is 11.8 Å². The highest BCUT2D eigenvalue weighted by molar-refractivity contribution is 7.98. The van der Waals surface area contributed by atoms with Crippen LogP contribution in [0.3, 0.4) is 0 Å². The van der Waals surface area contributed by atoms with E-state index in [0.717, 1.165) is 43.3 Å². The van der Waals surface area contributed by atoms with E-state index >= 15 is 0 Å². The van der Waals surface area contributed by atoms with Crippen LogP contribution >= 0.6 is 11.8 Å². The molecule has 4 nitrogen and oxygen atoms in total. The van der Waals surface area contributed by atoms with Gasteiger partial charge in [-0.3, -0.25) is 0 Å². The minimum atomic E-state index is 0.885. The Balaban J connectivity index is 2.59. The van der Waals surface area contributed by atoms with E-state index in [2.05, 4.69) is 33.8 Å². The Morgan fingerprint density at radius 1 is 1.29 bits per heavy atom. The summed E-state index contributed by atoms with van der Waals surface area (Å²) in [7, 11) is 1.88. The lowest BCUT2D eigenvalue weighted by Crippen LogP contribution is -2.08. The van der Waals surface area contributed by atoms with Gasteiger partial charge in [-0.1, -0.05) is 6.92 Å². The van der Waals surface area contributed by atoms with Crippen LogP contribution in [0.5, 0.6) is 0 Å². The molecule has 0 aliphatic heterocycles. The summed E-state index contributed by atoms with van der Waals surface area (Å²) in [5.41, 5.74) is 0. The molecule has 0 fully saturated rings. The molecule has 2 N–H and O–H groups in total. The van der Waals surface area contributed by atoms with Gasteiger partial charge in [0.05, 0.1) is 0 Å². The Labute approximate surface area is 108 Å². The average Bonchev–Trinajstić information content (AvgIpc) is 2.35. The van der Waals surface area contributed by atoms with Crippen LogP contribution < -0.4 is 10.6 Å². The van der Waals surface area contributed by atoms with Crippen molar-refractivity contribution in [2.24, 2.45) is 0 Å². The first-order valence-electron chi connectivity index (χ1n) is 6.08. The lowest BCUT2D eigenvalue weighted by atomic mass is 10.3. The molecule has 1 aromatic rings. The number of hydrogen-bond acceptors (Lipinski definition) is 5. The van der Waals surface area contributed by atoms with Crippen LogP contribution in [0.2, 0.25) is 0 Å². The third-order valence-corrected chi connectivity index (χ3v) is 3.03. The second-order valence-electron chi connectivity index (χ2n) is 3.83. The van der Waals surface area contributed by atoms with E-state index in [1.165, 1.54) is 5.75 Å². The Morgan fingerprint density at radius 3 is 2.71 bits per heavy atom. The third-order valence-electron chi connectivity index (χ3n) is 2.33. The van der Waals surface area contributed by atoms with Gasteiger partial charge in [-0.05, 0) is 24.9 Å². The van der Waals surface area contributed by atoms with Crippen molar-refractivity contribution < 1.29 is 0 Å². The van der Waals surface area contributed by atoms with Gasteiger partial charge in [-0.25, -0.2) is 9.97 Å². The van der Waals surface area contributed by atoms with E-state index in [9.17, 15) is 0 Å². The first-order chi connectivity index (χ1) is 8.30. The second-order valence-corrected chi connectivity index (χ2v) is 4.81. The monoisotopic (exact) mass is 254 g/mol. The van der Waals surface area contributed by atoms with Crippen LogP contribution in [-0.2, 0) is 6.42 Å². The molecule has 0 aliphatic carbocycles. The van der Waals surface area contributed by atoms with Gasteiger partial charge >= 0.3 is 0 Å². The van der Waals surface area contributed by atoms with E-state index in [-0.39, 0.29) is 0 Å². The summed E-state index contributed by atoms with van der Waals surface area (Å²) in [6.45, 7) is 3.10. The molecule has 0 amide bonds. The summed E-state index contributed by atoms with van der Waals surface area (Å²) in [5.74, 6) is 3.90. The molecule has 0 saturated carbocycles. The molecule has 0 aromatic carbocycles. The lowest BCUT2D eigenvalue weighted by Gasteiger charge is -2.09. The first kappa shape index (κ1) is 14.1. The largest absolute Gasteiger partial charge is 0.373 e. The van der Waals surface area contributed by atoms with Gasteiger partial charge < -0.3 is 10.6 Å². The minimum Gasteiger partial charge on any atom is -0.373 e. The van der Waals surface area contributed by atoms with Gasteiger partial charge in [0.1, 0.15) is 17.5 Å². The zero-order chi connectivity index (χ0) is 12.5. The molecule has 0 bridgehead atoms. The number of hydrogen-bond donors (Lipinski definition) is 2. The first-order valence-corrected chi connectivity index (χ1v) is 7.48. The second kappa shape index (κ2) is 8.17.